The van der Waals surface area contributed by atoms with Crippen LogP contribution in [0.5, 0.6) is 5.75 Å². The van der Waals surface area contributed by atoms with Crippen molar-refractivity contribution in [3.63, 3.8) is 0 Å². The van der Waals surface area contributed by atoms with Crippen LogP contribution >= 0.6 is 0 Å². The molecule has 0 unspecified atom stereocenters. The van der Waals surface area contributed by atoms with Gasteiger partial charge in [-0.1, -0.05) is 30.3 Å². The van der Waals surface area contributed by atoms with Crippen molar-refractivity contribution in [2.45, 2.75) is 19.7 Å². The molecule has 8 heteroatoms. The predicted octanol–water partition coefficient (Wildman–Crippen LogP) is 2.25. The van der Waals surface area contributed by atoms with Gasteiger partial charge < -0.3 is 21.1 Å². The average molecular weight is 362 g/mol. The second-order valence-corrected chi connectivity index (χ2v) is 5.33. The van der Waals surface area contributed by atoms with E-state index < -0.39 is 12.5 Å². The summed E-state index contributed by atoms with van der Waals surface area (Å²) >= 11 is 0. The highest BCUT2D eigenvalue weighted by Crippen LogP contribution is 2.19. The third-order valence-electron chi connectivity index (χ3n) is 3.56. The van der Waals surface area contributed by atoms with Gasteiger partial charge in [0.05, 0.1) is 0 Å². The Kier molecular flexibility index (Phi) is 6.90. The number of nitrogens with one attached hydrogen (secondary N) is 2. The fourth-order valence-corrected chi connectivity index (χ4v) is 2.23. The maximum Gasteiger partial charge on any atom is 0.387 e. The number of alkyl halides is 2. The van der Waals surface area contributed by atoms with Crippen LogP contribution in [0, 0.1) is 0 Å². The largest absolute Gasteiger partial charge is 0.434 e. The first kappa shape index (κ1) is 19.2. The molecule has 0 aromatic heterocycles. The van der Waals surface area contributed by atoms with E-state index in [0.29, 0.717) is 23.6 Å². The van der Waals surface area contributed by atoms with Gasteiger partial charge in [0.25, 0.3) is 0 Å². The van der Waals surface area contributed by atoms with Crippen LogP contribution in [0.4, 0.5) is 8.78 Å². The molecule has 0 atom stereocenters. The molecule has 6 nitrogen and oxygen atoms in total. The summed E-state index contributed by atoms with van der Waals surface area (Å²) in [5.74, 6) is 0.134. The summed E-state index contributed by atoms with van der Waals surface area (Å²) in [4.78, 5) is 15.1. The number of hydrogen-bond acceptors (Lipinski definition) is 3. The van der Waals surface area contributed by atoms with Gasteiger partial charge in [-0.25, -0.2) is 0 Å². The minimum atomic E-state index is -2.88. The molecule has 2 aromatic carbocycles. The fourth-order valence-electron chi connectivity index (χ4n) is 2.23. The molecule has 2 aromatic rings. The van der Waals surface area contributed by atoms with Crippen LogP contribution < -0.4 is 21.1 Å². The molecule has 0 saturated carbocycles. The molecule has 138 valence electrons. The lowest BCUT2D eigenvalue weighted by Gasteiger charge is -2.14. The van der Waals surface area contributed by atoms with Crippen LogP contribution in [0.15, 0.2) is 53.5 Å². The number of amides is 1. The summed E-state index contributed by atoms with van der Waals surface area (Å²) in [5, 5.41) is 6.14. The first-order valence-electron chi connectivity index (χ1n) is 7.85. The molecular weight excluding hydrogens is 342 g/mol. The van der Waals surface area contributed by atoms with Crippen molar-refractivity contribution >= 4 is 11.9 Å². The molecule has 0 saturated heterocycles. The Hall–Kier alpha value is -3.16. The molecule has 26 heavy (non-hydrogen) atoms. The molecule has 1 amide bonds. The normalized spacial score (nSPS) is 11.3. The lowest BCUT2D eigenvalue weighted by molar-refractivity contribution is -0.0504. The predicted molar refractivity (Wildman–Crippen MR) is 95.1 cm³/mol. The van der Waals surface area contributed by atoms with Crippen LogP contribution in [0.3, 0.4) is 0 Å². The van der Waals surface area contributed by atoms with Gasteiger partial charge in [-0.05, 0) is 23.8 Å². The van der Waals surface area contributed by atoms with E-state index in [1.165, 1.54) is 6.07 Å². The number of primary amides is 1. The van der Waals surface area contributed by atoms with Crippen LogP contribution in [0.25, 0.3) is 0 Å². The topological polar surface area (TPSA) is 88.7 Å². The summed E-state index contributed by atoms with van der Waals surface area (Å²) in [5.41, 5.74) is 7.16. The Morgan fingerprint density at radius 1 is 1.12 bits per heavy atom. The summed E-state index contributed by atoms with van der Waals surface area (Å²) in [6.07, 6.45) is 0. The van der Waals surface area contributed by atoms with E-state index in [1.54, 1.807) is 49.5 Å². The number of benzene rings is 2. The van der Waals surface area contributed by atoms with Crippen LogP contribution in [0.1, 0.15) is 21.5 Å². The Morgan fingerprint density at radius 2 is 1.77 bits per heavy atom. The number of carbonyl (C=O) groups is 1. The zero-order chi connectivity index (χ0) is 18.9. The Morgan fingerprint density at radius 3 is 2.38 bits per heavy atom. The van der Waals surface area contributed by atoms with E-state index in [-0.39, 0.29) is 12.3 Å². The summed E-state index contributed by atoms with van der Waals surface area (Å²) in [7, 11) is 1.60. The smallest absolute Gasteiger partial charge is 0.387 e. The molecule has 0 aliphatic rings. The van der Waals surface area contributed by atoms with Gasteiger partial charge in [0, 0.05) is 31.3 Å². The number of carbonyl (C=O) groups excluding carboxylic acids is 1. The first-order valence-corrected chi connectivity index (χ1v) is 7.85. The van der Waals surface area contributed by atoms with Crippen LogP contribution in [0.2, 0.25) is 0 Å². The van der Waals surface area contributed by atoms with E-state index in [2.05, 4.69) is 20.4 Å². The fraction of sp³-hybridized carbons (Fsp3) is 0.222. The third-order valence-corrected chi connectivity index (χ3v) is 3.56. The SMILES string of the molecule is CN=C(NCc1ccc(C(N)=O)cc1)NCc1ccccc1OC(F)F. The van der Waals surface area contributed by atoms with Crippen molar-refractivity contribution in [1.29, 1.82) is 0 Å². The highest BCUT2D eigenvalue weighted by atomic mass is 19.3. The molecule has 0 aliphatic heterocycles. The minimum absolute atomic E-state index is 0.118. The maximum absolute atomic E-state index is 12.4. The number of halogens is 2. The Bertz CT molecular complexity index is 764. The van der Waals surface area contributed by atoms with Crippen LogP contribution in [-0.2, 0) is 13.1 Å². The molecular formula is C18H20F2N4O2. The zero-order valence-corrected chi connectivity index (χ0v) is 14.2. The number of nitrogens with two attached hydrogens (primary N) is 1. The zero-order valence-electron chi connectivity index (χ0n) is 14.2. The summed E-state index contributed by atoms with van der Waals surface area (Å²) in [6, 6.07) is 13.4. The standard InChI is InChI=1S/C18H20F2N4O2/c1-22-18(23-10-12-6-8-13(9-7-12)16(21)25)24-11-14-4-2-3-5-15(14)26-17(19)20/h2-9,17H,10-11H2,1H3,(H2,21,25)(H2,22,23,24). The minimum Gasteiger partial charge on any atom is -0.434 e. The van der Waals surface area contributed by atoms with Gasteiger partial charge in [0.1, 0.15) is 5.75 Å². The van der Waals surface area contributed by atoms with E-state index >= 15 is 0 Å². The quantitative estimate of drug-likeness (QED) is 0.521. The van der Waals surface area contributed by atoms with E-state index in [4.69, 9.17) is 5.73 Å². The van der Waals surface area contributed by atoms with Gasteiger partial charge in [-0.3, -0.25) is 9.79 Å². The first-order chi connectivity index (χ1) is 12.5. The number of para-hydroxylation sites is 1. The monoisotopic (exact) mass is 362 g/mol. The van der Waals surface area contributed by atoms with Gasteiger partial charge in [-0.15, -0.1) is 0 Å². The highest BCUT2D eigenvalue weighted by Gasteiger charge is 2.09. The molecule has 2 rings (SSSR count). The van der Waals surface area contributed by atoms with Crippen molar-refractivity contribution in [3.8, 4) is 5.75 Å². The average Bonchev–Trinajstić information content (AvgIpc) is 2.63. The number of nitrogens with zero attached hydrogens (tertiary/aromatic N) is 1. The Balaban J connectivity index is 1.91. The van der Waals surface area contributed by atoms with Crippen molar-refractivity contribution in [3.05, 3.63) is 65.2 Å². The molecule has 0 heterocycles. The molecule has 0 radical (unpaired) electrons. The Labute approximate surface area is 150 Å². The summed E-state index contributed by atoms with van der Waals surface area (Å²) < 4.78 is 29.4. The third kappa shape index (κ3) is 5.73. The molecule has 4 N–H and O–H groups in total. The maximum atomic E-state index is 12.4. The molecule has 0 bridgehead atoms. The number of aliphatic imine (C=N–C) groups is 1. The lowest BCUT2D eigenvalue weighted by atomic mass is 10.1. The van der Waals surface area contributed by atoms with Gasteiger partial charge >= 0.3 is 6.61 Å². The second-order valence-electron chi connectivity index (χ2n) is 5.33. The van der Waals surface area contributed by atoms with Gasteiger partial charge in [0.2, 0.25) is 5.91 Å². The van der Waals surface area contributed by atoms with Crippen molar-refractivity contribution in [2.24, 2.45) is 10.7 Å². The molecule has 0 spiro atoms. The van der Waals surface area contributed by atoms with Crippen molar-refractivity contribution < 1.29 is 18.3 Å². The second kappa shape index (κ2) is 9.36. The summed E-state index contributed by atoms with van der Waals surface area (Å²) in [6.45, 7) is -2.14. The highest BCUT2D eigenvalue weighted by molar-refractivity contribution is 5.92. The van der Waals surface area contributed by atoms with E-state index in [1.807, 2.05) is 0 Å². The number of rotatable bonds is 7. The van der Waals surface area contributed by atoms with Gasteiger partial charge in [-0.2, -0.15) is 8.78 Å². The van der Waals surface area contributed by atoms with Crippen molar-refractivity contribution in [2.75, 3.05) is 7.05 Å². The lowest BCUT2D eigenvalue weighted by Crippen LogP contribution is -2.36. The molecule has 0 aliphatic carbocycles. The van der Waals surface area contributed by atoms with E-state index in [9.17, 15) is 13.6 Å². The molecule has 0 fully saturated rings. The number of guanidine groups is 1. The number of hydrogen-bond donors (Lipinski definition) is 3. The van der Waals surface area contributed by atoms with Crippen LogP contribution in [-0.4, -0.2) is 25.5 Å². The number of ether oxygens (including phenoxy) is 1. The van der Waals surface area contributed by atoms with Gasteiger partial charge in [0.15, 0.2) is 5.96 Å². The van der Waals surface area contributed by atoms with E-state index in [0.717, 1.165) is 5.56 Å². The van der Waals surface area contributed by atoms with Crippen molar-refractivity contribution in [1.82, 2.24) is 10.6 Å².